The highest BCUT2D eigenvalue weighted by atomic mass is 19.1. The fourth-order valence-electron chi connectivity index (χ4n) is 4.11. The van der Waals surface area contributed by atoms with Gasteiger partial charge in [0.05, 0.1) is 11.6 Å². The minimum absolute atomic E-state index is 0.00458. The molecule has 5 nitrogen and oxygen atoms in total. The van der Waals surface area contributed by atoms with Gasteiger partial charge in [0.2, 0.25) is 11.8 Å². The third-order valence-corrected chi connectivity index (χ3v) is 5.67. The van der Waals surface area contributed by atoms with E-state index < -0.39 is 17.6 Å². The fourth-order valence-corrected chi connectivity index (χ4v) is 4.11. The largest absolute Gasteiger partial charge is 0.370 e. The summed E-state index contributed by atoms with van der Waals surface area (Å²) < 4.78 is 40.4. The lowest BCUT2D eigenvalue weighted by atomic mass is 10.1. The Morgan fingerprint density at radius 1 is 0.900 bits per heavy atom. The monoisotopic (exact) mass is 417 g/mol. The van der Waals surface area contributed by atoms with E-state index in [1.165, 1.54) is 23.1 Å². The molecular weight excluding hydrogens is 395 g/mol. The summed E-state index contributed by atoms with van der Waals surface area (Å²) in [5.41, 5.74) is 0.898. The molecule has 0 saturated carbocycles. The number of hydrogen-bond acceptors (Lipinski definition) is 3. The van der Waals surface area contributed by atoms with Crippen LogP contribution in [0.2, 0.25) is 0 Å². The van der Waals surface area contributed by atoms with Crippen LogP contribution in [0.25, 0.3) is 0 Å². The number of rotatable bonds is 3. The van der Waals surface area contributed by atoms with Crippen molar-refractivity contribution >= 4 is 23.2 Å². The van der Waals surface area contributed by atoms with Crippen molar-refractivity contribution in [1.82, 2.24) is 4.90 Å². The van der Waals surface area contributed by atoms with Crippen LogP contribution in [0, 0.1) is 23.4 Å². The molecule has 0 radical (unpaired) electrons. The summed E-state index contributed by atoms with van der Waals surface area (Å²) >= 11 is 0. The molecule has 158 valence electrons. The van der Waals surface area contributed by atoms with E-state index in [1.807, 2.05) is 0 Å². The number of benzene rings is 2. The molecule has 2 fully saturated rings. The number of hydrogen-bond donors (Lipinski definition) is 0. The summed E-state index contributed by atoms with van der Waals surface area (Å²) in [6.07, 6.45) is 0.758. The van der Waals surface area contributed by atoms with Gasteiger partial charge in [0.15, 0.2) is 0 Å². The maximum Gasteiger partial charge on any atom is 0.228 e. The van der Waals surface area contributed by atoms with E-state index >= 15 is 0 Å². The van der Waals surface area contributed by atoms with Crippen LogP contribution in [0.1, 0.15) is 12.8 Å². The van der Waals surface area contributed by atoms with Crippen molar-refractivity contribution < 1.29 is 22.8 Å². The molecule has 0 bridgehead atoms. The molecule has 2 saturated heterocycles. The molecule has 1 atom stereocenters. The zero-order chi connectivity index (χ0) is 21.3. The zero-order valence-corrected chi connectivity index (χ0v) is 16.4. The van der Waals surface area contributed by atoms with Gasteiger partial charge in [-0.05, 0) is 42.8 Å². The minimum atomic E-state index is -0.818. The first-order chi connectivity index (χ1) is 14.4. The van der Waals surface area contributed by atoms with Crippen molar-refractivity contribution in [2.75, 3.05) is 42.5 Å². The van der Waals surface area contributed by atoms with Crippen molar-refractivity contribution in [1.29, 1.82) is 0 Å². The molecule has 0 spiro atoms. The molecule has 2 amide bonds. The maximum absolute atomic E-state index is 14.1. The number of amides is 2. The topological polar surface area (TPSA) is 43.9 Å². The van der Waals surface area contributed by atoms with Gasteiger partial charge in [0.25, 0.3) is 0 Å². The summed E-state index contributed by atoms with van der Waals surface area (Å²) in [7, 11) is 0. The van der Waals surface area contributed by atoms with Gasteiger partial charge in [0, 0.05) is 50.9 Å². The Balaban J connectivity index is 1.41. The summed E-state index contributed by atoms with van der Waals surface area (Å²) in [5.74, 6) is -2.86. The Kier molecular flexibility index (Phi) is 5.65. The molecule has 1 unspecified atom stereocenters. The predicted molar refractivity (Wildman–Crippen MR) is 107 cm³/mol. The average Bonchev–Trinajstić information content (AvgIpc) is 2.94. The minimum Gasteiger partial charge on any atom is -0.370 e. The SMILES string of the molecule is O=C(C1CC(=O)N(c2ccc(F)cc2F)C1)N1CCCN(c2ccc(F)cc2)CC1. The van der Waals surface area contributed by atoms with Gasteiger partial charge in [-0.25, -0.2) is 13.2 Å². The lowest BCUT2D eigenvalue weighted by Crippen LogP contribution is -2.40. The van der Waals surface area contributed by atoms with Gasteiger partial charge < -0.3 is 14.7 Å². The Labute approximate surface area is 172 Å². The molecule has 2 aliphatic rings. The highest BCUT2D eigenvalue weighted by Gasteiger charge is 2.38. The first-order valence-corrected chi connectivity index (χ1v) is 9.97. The van der Waals surface area contributed by atoms with Crippen LogP contribution in [0.4, 0.5) is 24.5 Å². The Morgan fingerprint density at radius 3 is 2.37 bits per heavy atom. The number of nitrogens with zero attached hydrogens (tertiary/aromatic N) is 3. The highest BCUT2D eigenvalue weighted by Crippen LogP contribution is 2.29. The first kappa shape index (κ1) is 20.3. The smallest absolute Gasteiger partial charge is 0.228 e. The molecule has 2 aromatic carbocycles. The molecule has 2 aromatic rings. The van der Waals surface area contributed by atoms with Crippen LogP contribution in [0.3, 0.4) is 0 Å². The van der Waals surface area contributed by atoms with E-state index in [4.69, 9.17) is 0 Å². The summed E-state index contributed by atoms with van der Waals surface area (Å²) in [4.78, 5) is 30.5. The predicted octanol–water partition coefficient (Wildman–Crippen LogP) is 3.20. The summed E-state index contributed by atoms with van der Waals surface area (Å²) in [5, 5.41) is 0. The lowest BCUT2D eigenvalue weighted by molar-refractivity contribution is -0.135. The zero-order valence-electron chi connectivity index (χ0n) is 16.4. The number of carbonyl (C=O) groups is 2. The van der Waals surface area contributed by atoms with Crippen LogP contribution >= 0.6 is 0 Å². The molecule has 0 N–H and O–H groups in total. The van der Waals surface area contributed by atoms with Gasteiger partial charge in [-0.1, -0.05) is 0 Å². The Bertz CT molecular complexity index is 951. The molecule has 4 rings (SSSR count). The van der Waals surface area contributed by atoms with Crippen LogP contribution in [0.5, 0.6) is 0 Å². The van der Waals surface area contributed by atoms with Gasteiger partial charge >= 0.3 is 0 Å². The van der Waals surface area contributed by atoms with E-state index in [2.05, 4.69) is 4.90 Å². The molecule has 8 heteroatoms. The molecule has 2 heterocycles. The summed E-state index contributed by atoms with van der Waals surface area (Å²) in [6.45, 7) is 2.48. The van der Waals surface area contributed by atoms with Crippen LogP contribution in [-0.4, -0.2) is 49.4 Å². The molecule has 2 aliphatic heterocycles. The average molecular weight is 417 g/mol. The van der Waals surface area contributed by atoms with Crippen LogP contribution in [-0.2, 0) is 9.59 Å². The Hall–Kier alpha value is -3.03. The molecular formula is C22H22F3N3O2. The van der Waals surface area contributed by atoms with Gasteiger partial charge in [-0.15, -0.1) is 0 Å². The summed E-state index contributed by atoms with van der Waals surface area (Å²) in [6, 6.07) is 9.32. The third-order valence-electron chi connectivity index (χ3n) is 5.67. The van der Waals surface area contributed by atoms with E-state index in [0.717, 1.165) is 30.8 Å². The second-order valence-corrected chi connectivity index (χ2v) is 7.64. The first-order valence-electron chi connectivity index (χ1n) is 9.97. The van der Waals surface area contributed by atoms with Crippen molar-refractivity contribution in [3.8, 4) is 0 Å². The molecule has 30 heavy (non-hydrogen) atoms. The lowest BCUT2D eigenvalue weighted by Gasteiger charge is -2.25. The maximum atomic E-state index is 14.1. The number of carbonyl (C=O) groups excluding carboxylic acids is 2. The van der Waals surface area contributed by atoms with E-state index in [-0.39, 0.29) is 36.3 Å². The number of halogens is 3. The van der Waals surface area contributed by atoms with E-state index in [1.54, 1.807) is 17.0 Å². The van der Waals surface area contributed by atoms with Crippen molar-refractivity contribution in [2.45, 2.75) is 12.8 Å². The van der Waals surface area contributed by atoms with Crippen LogP contribution in [0.15, 0.2) is 42.5 Å². The quantitative estimate of drug-likeness (QED) is 0.771. The molecule has 0 aromatic heterocycles. The molecule has 0 aliphatic carbocycles. The Morgan fingerprint density at radius 2 is 1.63 bits per heavy atom. The number of anilines is 2. The normalized spacial score (nSPS) is 19.9. The van der Waals surface area contributed by atoms with Gasteiger partial charge in [-0.2, -0.15) is 0 Å². The van der Waals surface area contributed by atoms with Gasteiger partial charge in [-0.3, -0.25) is 9.59 Å². The second kappa shape index (κ2) is 8.38. The van der Waals surface area contributed by atoms with E-state index in [0.29, 0.717) is 19.6 Å². The standard InChI is InChI=1S/C22H22F3N3O2/c23-16-2-5-18(6-3-16)26-8-1-9-27(11-10-26)22(30)15-12-21(29)28(14-15)20-7-4-17(24)13-19(20)25/h2-7,13,15H,1,8-12,14H2. The van der Waals surface area contributed by atoms with Crippen molar-refractivity contribution in [2.24, 2.45) is 5.92 Å². The third kappa shape index (κ3) is 4.13. The fraction of sp³-hybridized carbons (Fsp3) is 0.364. The highest BCUT2D eigenvalue weighted by molar-refractivity contribution is 6.00. The van der Waals surface area contributed by atoms with Gasteiger partial charge in [0.1, 0.15) is 17.5 Å². The van der Waals surface area contributed by atoms with E-state index in [9.17, 15) is 22.8 Å². The van der Waals surface area contributed by atoms with Crippen LogP contribution < -0.4 is 9.80 Å². The van der Waals surface area contributed by atoms with Crippen molar-refractivity contribution in [3.63, 3.8) is 0 Å². The van der Waals surface area contributed by atoms with Crippen molar-refractivity contribution in [3.05, 3.63) is 59.9 Å². The second-order valence-electron chi connectivity index (χ2n) is 7.64.